The van der Waals surface area contributed by atoms with Crippen molar-refractivity contribution in [1.82, 2.24) is 20.1 Å². The summed E-state index contributed by atoms with van der Waals surface area (Å²) >= 11 is 0. The smallest absolute Gasteiger partial charge is 0.272 e. The third-order valence-electron chi connectivity index (χ3n) is 8.55. The molecule has 4 heterocycles. The molecule has 3 aliphatic heterocycles. The van der Waals surface area contributed by atoms with Crippen molar-refractivity contribution in [2.75, 3.05) is 40.4 Å². The van der Waals surface area contributed by atoms with E-state index in [9.17, 15) is 14.4 Å². The number of pyridine rings is 1. The van der Waals surface area contributed by atoms with Crippen LogP contribution in [0.2, 0.25) is 0 Å². The number of methoxy groups -OCH3 is 2. The molecule has 1 N–H and O–H groups in total. The largest absolute Gasteiger partial charge is 0.493 e. The van der Waals surface area contributed by atoms with Crippen LogP contribution in [0.25, 0.3) is 0 Å². The molecule has 40 heavy (non-hydrogen) atoms. The van der Waals surface area contributed by atoms with Gasteiger partial charge in [-0.15, -0.1) is 0 Å². The molecule has 2 saturated heterocycles. The predicted octanol–water partition coefficient (Wildman–Crippen LogP) is 3.25. The predicted molar refractivity (Wildman–Crippen MR) is 150 cm³/mol. The van der Waals surface area contributed by atoms with E-state index in [4.69, 9.17) is 9.47 Å². The summed E-state index contributed by atoms with van der Waals surface area (Å²) in [5.74, 6) is 1.90. The lowest BCUT2D eigenvalue weighted by atomic mass is 9.77. The molecule has 3 aliphatic rings. The number of carbonyl (C=O) groups excluding carboxylic acids is 3. The minimum atomic E-state index is -0.0491. The van der Waals surface area contributed by atoms with Crippen LogP contribution in [-0.2, 0) is 22.4 Å². The van der Waals surface area contributed by atoms with Gasteiger partial charge in [0, 0.05) is 51.3 Å². The number of aromatic nitrogens is 1. The van der Waals surface area contributed by atoms with Gasteiger partial charge in [-0.05, 0) is 79.7 Å². The Bertz CT molecular complexity index is 1220. The molecule has 0 unspecified atom stereocenters. The monoisotopic (exact) mass is 548 g/mol. The average molecular weight is 549 g/mol. The number of nitrogens with zero attached hydrogens (tertiary/aromatic N) is 3. The van der Waals surface area contributed by atoms with E-state index in [0.29, 0.717) is 69.1 Å². The first kappa shape index (κ1) is 27.9. The maximum atomic E-state index is 13.7. The molecular weight excluding hydrogens is 508 g/mol. The van der Waals surface area contributed by atoms with Gasteiger partial charge >= 0.3 is 0 Å². The molecule has 0 aliphatic carbocycles. The Labute approximate surface area is 236 Å². The molecule has 9 nitrogen and oxygen atoms in total. The van der Waals surface area contributed by atoms with Crippen molar-refractivity contribution in [1.29, 1.82) is 0 Å². The van der Waals surface area contributed by atoms with Crippen LogP contribution in [-0.4, -0.2) is 78.9 Å². The first-order valence-corrected chi connectivity index (χ1v) is 14.5. The van der Waals surface area contributed by atoms with E-state index in [1.54, 1.807) is 26.5 Å². The second-order valence-electron chi connectivity index (χ2n) is 11.2. The second kappa shape index (κ2) is 12.7. The number of rotatable bonds is 3. The highest BCUT2D eigenvalue weighted by atomic mass is 16.5. The van der Waals surface area contributed by atoms with Gasteiger partial charge in [0.1, 0.15) is 5.69 Å². The standard InChI is InChI=1S/C31H40N4O5/c1-39-27-17-21-11-12-29(37)35-19-22-16-24(20-34(18-22)31(38)25-8-3-4-13-32-25)26(35)9-5-10-28(36)33-14-6-7-23(15-21)30(27)40-2/h3-4,8,13,15,17,22,24,26H,5-7,9-12,14,16,18-20H2,1-2H3,(H,33,36)/t22-,24-,26-/m0/s1. The van der Waals surface area contributed by atoms with Crippen LogP contribution >= 0.6 is 0 Å². The third-order valence-corrected chi connectivity index (χ3v) is 8.55. The quantitative estimate of drug-likeness (QED) is 0.632. The molecule has 1 aromatic heterocycles. The molecule has 3 amide bonds. The molecule has 214 valence electrons. The Hall–Kier alpha value is -3.62. The Kier molecular flexibility index (Phi) is 8.87. The van der Waals surface area contributed by atoms with Gasteiger partial charge in [0.2, 0.25) is 11.8 Å². The summed E-state index contributed by atoms with van der Waals surface area (Å²) < 4.78 is 11.3. The second-order valence-corrected chi connectivity index (χ2v) is 11.2. The van der Waals surface area contributed by atoms with Crippen molar-refractivity contribution < 1.29 is 23.9 Å². The van der Waals surface area contributed by atoms with Crippen LogP contribution in [0.1, 0.15) is 60.1 Å². The van der Waals surface area contributed by atoms with Crippen molar-refractivity contribution >= 4 is 17.7 Å². The summed E-state index contributed by atoms with van der Waals surface area (Å²) in [5, 5.41) is 3.05. The molecule has 9 heteroatoms. The normalized spacial score (nSPS) is 24.1. The highest BCUT2D eigenvalue weighted by molar-refractivity contribution is 5.92. The number of nitrogens with one attached hydrogen (secondary N) is 1. The average Bonchev–Trinajstić information content (AvgIpc) is 2.98. The maximum Gasteiger partial charge on any atom is 0.272 e. The molecule has 0 saturated carbocycles. The van der Waals surface area contributed by atoms with Gasteiger partial charge in [-0.2, -0.15) is 0 Å². The number of aryl methyl sites for hydroxylation is 2. The third kappa shape index (κ3) is 6.24. The van der Waals surface area contributed by atoms with E-state index in [1.165, 1.54) is 0 Å². The van der Waals surface area contributed by atoms with E-state index in [2.05, 4.69) is 21.3 Å². The van der Waals surface area contributed by atoms with Gasteiger partial charge in [-0.25, -0.2) is 0 Å². The molecular formula is C31H40N4O5. The topological polar surface area (TPSA) is 101 Å². The van der Waals surface area contributed by atoms with E-state index in [1.807, 2.05) is 23.1 Å². The van der Waals surface area contributed by atoms with Gasteiger partial charge in [0.05, 0.1) is 14.2 Å². The zero-order valence-electron chi connectivity index (χ0n) is 23.6. The summed E-state index contributed by atoms with van der Waals surface area (Å²) in [5.41, 5.74) is 2.52. The van der Waals surface area contributed by atoms with E-state index < -0.39 is 0 Å². The van der Waals surface area contributed by atoms with Gasteiger partial charge in [0.15, 0.2) is 11.5 Å². The minimum absolute atomic E-state index is 0.00440. The Morgan fingerprint density at radius 3 is 2.65 bits per heavy atom. The first-order valence-electron chi connectivity index (χ1n) is 14.5. The van der Waals surface area contributed by atoms with E-state index in [0.717, 1.165) is 36.8 Å². The van der Waals surface area contributed by atoms with Crippen LogP contribution in [0.15, 0.2) is 36.5 Å². The van der Waals surface area contributed by atoms with Crippen LogP contribution in [0.4, 0.5) is 0 Å². The zero-order chi connectivity index (χ0) is 28.1. The number of hydrogen-bond donors (Lipinski definition) is 1. The minimum Gasteiger partial charge on any atom is -0.493 e. The lowest BCUT2D eigenvalue weighted by Gasteiger charge is -2.51. The molecule has 4 bridgehead atoms. The highest BCUT2D eigenvalue weighted by Crippen LogP contribution is 2.37. The van der Waals surface area contributed by atoms with Crippen molar-refractivity contribution in [3.8, 4) is 11.5 Å². The van der Waals surface area contributed by atoms with Crippen molar-refractivity contribution in [3.63, 3.8) is 0 Å². The highest BCUT2D eigenvalue weighted by Gasteiger charge is 2.43. The maximum absolute atomic E-state index is 13.7. The number of ether oxygens (including phenoxy) is 2. The molecule has 2 aromatic rings. The number of hydrogen-bond acceptors (Lipinski definition) is 6. The fourth-order valence-electron chi connectivity index (χ4n) is 6.72. The summed E-state index contributed by atoms with van der Waals surface area (Å²) in [7, 11) is 3.26. The Balaban J connectivity index is 1.37. The van der Waals surface area contributed by atoms with Crippen molar-refractivity contribution in [3.05, 3.63) is 53.3 Å². The Morgan fingerprint density at radius 1 is 1.00 bits per heavy atom. The molecule has 1 aromatic carbocycles. The van der Waals surface area contributed by atoms with Crippen LogP contribution < -0.4 is 14.8 Å². The fraction of sp³-hybridized carbons (Fsp3) is 0.548. The van der Waals surface area contributed by atoms with Gasteiger partial charge in [0.25, 0.3) is 5.91 Å². The lowest BCUT2D eigenvalue weighted by Crippen LogP contribution is -2.60. The number of benzene rings is 1. The van der Waals surface area contributed by atoms with Crippen LogP contribution in [0.5, 0.6) is 11.5 Å². The zero-order valence-corrected chi connectivity index (χ0v) is 23.6. The van der Waals surface area contributed by atoms with Gasteiger partial charge in [-0.3, -0.25) is 19.4 Å². The summed E-state index contributed by atoms with van der Waals surface area (Å²) in [6.45, 7) is 2.46. The number of piperidine rings is 2. The number of fused-ring (bicyclic) bond motifs is 6. The van der Waals surface area contributed by atoms with Crippen LogP contribution in [0, 0.1) is 11.8 Å². The fourth-order valence-corrected chi connectivity index (χ4v) is 6.72. The summed E-state index contributed by atoms with van der Waals surface area (Å²) in [4.78, 5) is 47.8. The molecule has 0 spiro atoms. The SMILES string of the molecule is COc1cc2cc(c1OC)CCCNC(=O)CCC[C@H]1[C@H]3C[C@@H](CN(C(=O)c4ccccn4)C3)CN1C(=O)CC2. The van der Waals surface area contributed by atoms with Gasteiger partial charge in [-0.1, -0.05) is 12.1 Å². The van der Waals surface area contributed by atoms with E-state index in [-0.39, 0.29) is 35.6 Å². The number of likely N-dealkylation sites (tertiary alicyclic amines) is 1. The molecule has 2 fully saturated rings. The van der Waals surface area contributed by atoms with Crippen molar-refractivity contribution in [2.24, 2.45) is 11.8 Å². The van der Waals surface area contributed by atoms with Gasteiger partial charge < -0.3 is 24.6 Å². The Morgan fingerprint density at radius 2 is 1.88 bits per heavy atom. The lowest BCUT2D eigenvalue weighted by molar-refractivity contribution is -0.140. The number of carbonyl (C=O) groups is 3. The molecule has 0 radical (unpaired) electrons. The van der Waals surface area contributed by atoms with Crippen LogP contribution in [0.3, 0.4) is 0 Å². The molecule has 5 rings (SSSR count). The van der Waals surface area contributed by atoms with Crippen molar-refractivity contribution in [2.45, 2.75) is 57.4 Å². The summed E-state index contributed by atoms with van der Waals surface area (Å²) in [6, 6.07) is 9.47. The van der Waals surface area contributed by atoms with E-state index >= 15 is 0 Å². The molecule has 3 atom stereocenters. The first-order chi connectivity index (χ1) is 19.5. The summed E-state index contributed by atoms with van der Waals surface area (Å²) in [6.07, 6.45) is 7.08. The number of amides is 3.